The van der Waals surface area contributed by atoms with E-state index in [-0.39, 0.29) is 11.8 Å². The monoisotopic (exact) mass is 493 g/mol. The number of aliphatic imine (C=N–C) groups is 1. The molecular weight excluding hydrogens is 470 g/mol. The number of nitrogens with zero attached hydrogens (tertiary/aromatic N) is 4. The Morgan fingerprint density at radius 1 is 1.15 bits per heavy atom. The summed E-state index contributed by atoms with van der Waals surface area (Å²) in [6, 6.07) is 14.7. The van der Waals surface area contributed by atoms with Gasteiger partial charge < -0.3 is 15.1 Å². The molecule has 9 heteroatoms. The Balaban J connectivity index is 1.54. The van der Waals surface area contributed by atoms with Crippen molar-refractivity contribution in [2.24, 2.45) is 4.99 Å². The average molecular weight is 494 g/mol. The summed E-state index contributed by atoms with van der Waals surface area (Å²) in [6.07, 6.45) is 3.56. The standard InChI is InChI=1S/C25H24ClN5O2S/c1-30(2)11-12-31(3)24(33)18-7-8-19(26)21(15-18)28-25-29-23(32)22(34-25)14-16-6-9-20-17(13-16)5-4-10-27-20/h4-10,13-15H,11-12H2,1-3H3,(H,28,29,32). The molecule has 1 aromatic heterocycles. The van der Waals surface area contributed by atoms with E-state index in [9.17, 15) is 9.59 Å². The van der Waals surface area contributed by atoms with Crippen LogP contribution in [-0.2, 0) is 4.79 Å². The summed E-state index contributed by atoms with van der Waals surface area (Å²) >= 11 is 7.57. The first-order chi connectivity index (χ1) is 16.3. The van der Waals surface area contributed by atoms with E-state index in [0.717, 1.165) is 23.0 Å². The van der Waals surface area contributed by atoms with Crippen LogP contribution in [0.4, 0.5) is 5.69 Å². The number of hydrogen-bond acceptors (Lipinski definition) is 6. The van der Waals surface area contributed by atoms with Crippen LogP contribution in [0.5, 0.6) is 0 Å². The zero-order valence-corrected chi connectivity index (χ0v) is 20.7. The molecule has 2 amide bonds. The molecule has 1 saturated heterocycles. The summed E-state index contributed by atoms with van der Waals surface area (Å²) in [4.78, 5) is 38.3. The quantitative estimate of drug-likeness (QED) is 0.514. The lowest BCUT2D eigenvalue weighted by molar-refractivity contribution is -0.115. The third-order valence-corrected chi connectivity index (χ3v) is 6.45. The topological polar surface area (TPSA) is 77.9 Å². The van der Waals surface area contributed by atoms with Crippen LogP contribution in [0.3, 0.4) is 0 Å². The first-order valence-corrected chi connectivity index (χ1v) is 11.8. The fourth-order valence-electron chi connectivity index (χ4n) is 3.33. The number of fused-ring (bicyclic) bond motifs is 1. The van der Waals surface area contributed by atoms with Crippen molar-refractivity contribution in [2.45, 2.75) is 0 Å². The minimum Gasteiger partial charge on any atom is -0.340 e. The van der Waals surface area contributed by atoms with Crippen molar-refractivity contribution >= 4 is 63.0 Å². The molecule has 1 aliphatic rings. The Kier molecular flexibility index (Phi) is 7.31. The molecule has 34 heavy (non-hydrogen) atoms. The Bertz CT molecular complexity index is 1320. The van der Waals surface area contributed by atoms with Gasteiger partial charge in [-0.25, -0.2) is 4.99 Å². The Morgan fingerprint density at radius 3 is 2.76 bits per heavy atom. The van der Waals surface area contributed by atoms with E-state index in [1.165, 1.54) is 11.8 Å². The third kappa shape index (κ3) is 5.64. The van der Waals surface area contributed by atoms with Crippen molar-refractivity contribution in [3.8, 4) is 0 Å². The number of pyridine rings is 1. The molecule has 0 saturated carbocycles. The van der Waals surface area contributed by atoms with E-state index in [4.69, 9.17) is 11.6 Å². The van der Waals surface area contributed by atoms with Crippen LogP contribution in [0, 0.1) is 0 Å². The van der Waals surface area contributed by atoms with Gasteiger partial charge in [0, 0.05) is 37.3 Å². The van der Waals surface area contributed by atoms with Crippen LogP contribution in [0.25, 0.3) is 17.0 Å². The highest BCUT2D eigenvalue weighted by Crippen LogP contribution is 2.32. The maximum atomic E-state index is 12.8. The number of amides is 2. The molecule has 0 radical (unpaired) electrons. The first kappa shape index (κ1) is 23.9. The molecule has 1 N–H and O–H groups in total. The third-order valence-electron chi connectivity index (χ3n) is 5.22. The summed E-state index contributed by atoms with van der Waals surface area (Å²) in [7, 11) is 5.68. The Hall–Kier alpha value is -3.20. The highest BCUT2D eigenvalue weighted by molar-refractivity contribution is 8.18. The highest BCUT2D eigenvalue weighted by atomic mass is 35.5. The van der Waals surface area contributed by atoms with E-state index in [1.54, 1.807) is 36.3 Å². The summed E-state index contributed by atoms with van der Waals surface area (Å²) in [5, 5.41) is 4.58. The predicted octanol–water partition coefficient (Wildman–Crippen LogP) is 4.41. The van der Waals surface area contributed by atoms with Crippen LogP contribution in [0.15, 0.2) is 64.6 Å². The molecule has 0 spiro atoms. The van der Waals surface area contributed by atoms with Crippen molar-refractivity contribution in [1.29, 1.82) is 0 Å². The van der Waals surface area contributed by atoms with Gasteiger partial charge in [0.25, 0.3) is 11.8 Å². The fourth-order valence-corrected chi connectivity index (χ4v) is 4.32. The molecular formula is C25H24ClN5O2S. The van der Waals surface area contributed by atoms with Gasteiger partial charge in [-0.1, -0.05) is 23.7 Å². The Morgan fingerprint density at radius 2 is 1.97 bits per heavy atom. The number of hydrogen-bond donors (Lipinski definition) is 1. The molecule has 2 aromatic carbocycles. The van der Waals surface area contributed by atoms with Crippen molar-refractivity contribution < 1.29 is 9.59 Å². The number of aromatic nitrogens is 1. The SMILES string of the molecule is CN(C)CCN(C)C(=O)c1ccc(Cl)c(N=C2NC(=O)C(=Cc3ccc4ncccc4c3)S2)c1. The number of benzene rings is 2. The highest BCUT2D eigenvalue weighted by Gasteiger charge is 2.24. The van der Waals surface area contributed by atoms with Gasteiger partial charge in [-0.05, 0) is 73.9 Å². The number of likely N-dealkylation sites (N-methyl/N-ethyl adjacent to an activating group) is 2. The van der Waals surface area contributed by atoms with Crippen LogP contribution >= 0.6 is 23.4 Å². The van der Waals surface area contributed by atoms with E-state index in [1.807, 2.05) is 55.4 Å². The smallest absolute Gasteiger partial charge is 0.264 e. The maximum absolute atomic E-state index is 12.8. The number of thioether (sulfide) groups is 1. The maximum Gasteiger partial charge on any atom is 0.264 e. The minimum absolute atomic E-state index is 0.116. The minimum atomic E-state index is -0.234. The normalized spacial score (nSPS) is 16.0. The lowest BCUT2D eigenvalue weighted by atomic mass is 10.1. The number of halogens is 1. The Labute approximate surface area is 207 Å². The number of rotatable bonds is 6. The molecule has 3 aromatic rings. The summed E-state index contributed by atoms with van der Waals surface area (Å²) in [6.45, 7) is 1.36. The summed E-state index contributed by atoms with van der Waals surface area (Å²) < 4.78 is 0. The molecule has 0 unspecified atom stereocenters. The lowest BCUT2D eigenvalue weighted by Crippen LogP contribution is -2.33. The number of carbonyl (C=O) groups excluding carboxylic acids is 2. The van der Waals surface area contributed by atoms with Gasteiger partial charge >= 0.3 is 0 Å². The summed E-state index contributed by atoms with van der Waals surface area (Å²) in [5.41, 5.74) is 2.70. The van der Waals surface area contributed by atoms with Gasteiger partial charge in [0.15, 0.2) is 5.17 Å². The molecule has 1 aliphatic heterocycles. The van der Waals surface area contributed by atoms with Gasteiger partial charge in [-0.2, -0.15) is 0 Å². The van der Waals surface area contributed by atoms with Crippen molar-refractivity contribution in [3.05, 3.63) is 75.8 Å². The molecule has 7 nitrogen and oxygen atoms in total. The van der Waals surface area contributed by atoms with Gasteiger partial charge in [0.1, 0.15) is 0 Å². The van der Waals surface area contributed by atoms with E-state index in [2.05, 4.69) is 15.3 Å². The van der Waals surface area contributed by atoms with Crippen LogP contribution in [-0.4, -0.2) is 66.0 Å². The zero-order chi connectivity index (χ0) is 24.2. The second kappa shape index (κ2) is 10.4. The predicted molar refractivity (Wildman–Crippen MR) is 140 cm³/mol. The van der Waals surface area contributed by atoms with Crippen molar-refractivity contribution in [2.75, 3.05) is 34.2 Å². The second-order valence-electron chi connectivity index (χ2n) is 8.13. The molecule has 2 heterocycles. The number of amidine groups is 1. The van der Waals surface area contributed by atoms with E-state index < -0.39 is 0 Å². The van der Waals surface area contributed by atoms with Gasteiger partial charge in [-0.15, -0.1) is 0 Å². The number of carbonyl (C=O) groups is 2. The van der Waals surface area contributed by atoms with Crippen LogP contribution in [0.2, 0.25) is 5.02 Å². The molecule has 1 fully saturated rings. The first-order valence-electron chi connectivity index (χ1n) is 10.6. The average Bonchev–Trinajstić information content (AvgIpc) is 3.16. The van der Waals surface area contributed by atoms with Crippen molar-refractivity contribution in [3.63, 3.8) is 0 Å². The van der Waals surface area contributed by atoms with Gasteiger partial charge in [-0.3, -0.25) is 14.6 Å². The molecule has 4 rings (SSSR count). The second-order valence-corrected chi connectivity index (χ2v) is 9.57. The largest absolute Gasteiger partial charge is 0.340 e. The van der Waals surface area contributed by atoms with Gasteiger partial charge in [0.05, 0.1) is 21.1 Å². The zero-order valence-electron chi connectivity index (χ0n) is 19.1. The molecule has 174 valence electrons. The van der Waals surface area contributed by atoms with Crippen LogP contribution < -0.4 is 5.32 Å². The molecule has 0 bridgehead atoms. The van der Waals surface area contributed by atoms with E-state index in [0.29, 0.717) is 32.9 Å². The van der Waals surface area contributed by atoms with Crippen molar-refractivity contribution in [1.82, 2.24) is 20.1 Å². The molecule has 0 aliphatic carbocycles. The lowest BCUT2D eigenvalue weighted by Gasteiger charge is -2.20. The van der Waals surface area contributed by atoms with E-state index >= 15 is 0 Å². The fraction of sp³-hybridized carbons (Fsp3) is 0.200. The van der Waals surface area contributed by atoms with Crippen LogP contribution in [0.1, 0.15) is 15.9 Å². The van der Waals surface area contributed by atoms with Gasteiger partial charge in [0.2, 0.25) is 0 Å². The number of nitrogens with one attached hydrogen (secondary N) is 1. The summed E-state index contributed by atoms with van der Waals surface area (Å²) in [5.74, 6) is -0.351. The molecule has 0 atom stereocenters.